The highest BCUT2D eigenvalue weighted by atomic mass is 15.0. The molecule has 0 spiro atoms. The molecule has 0 aromatic rings. The van der Waals surface area contributed by atoms with E-state index in [-0.39, 0.29) is 0 Å². The van der Waals surface area contributed by atoms with Gasteiger partial charge in [0.25, 0.3) is 0 Å². The Balaban J connectivity index is 0.000000487. The Morgan fingerprint density at radius 1 is 1.25 bits per heavy atom. The summed E-state index contributed by atoms with van der Waals surface area (Å²) in [5, 5.41) is 8.92. The fourth-order valence-electron chi connectivity index (χ4n) is 2.36. The van der Waals surface area contributed by atoms with E-state index in [2.05, 4.69) is 19.9 Å². The van der Waals surface area contributed by atoms with E-state index in [0.717, 1.165) is 12.3 Å². The zero-order valence-electron chi connectivity index (χ0n) is 11.7. The van der Waals surface area contributed by atoms with Gasteiger partial charge in [-0.25, -0.2) is 0 Å². The van der Waals surface area contributed by atoms with Crippen molar-refractivity contribution in [2.45, 2.75) is 46.0 Å². The fourth-order valence-corrected chi connectivity index (χ4v) is 2.36. The summed E-state index contributed by atoms with van der Waals surface area (Å²) < 4.78 is 0. The van der Waals surface area contributed by atoms with Crippen molar-refractivity contribution >= 4 is 0 Å². The third-order valence-electron chi connectivity index (χ3n) is 3.07. The molecule has 1 aliphatic rings. The SMILES string of the molecule is CCCC1CC(C)CCC1C#N.CN(C)C. The average molecular weight is 224 g/mol. The molecule has 3 unspecified atom stereocenters. The maximum atomic E-state index is 8.92. The highest BCUT2D eigenvalue weighted by Gasteiger charge is 2.27. The second-order valence-electron chi connectivity index (χ2n) is 5.54. The summed E-state index contributed by atoms with van der Waals surface area (Å²) >= 11 is 0. The van der Waals surface area contributed by atoms with E-state index in [1.807, 2.05) is 26.0 Å². The summed E-state index contributed by atoms with van der Waals surface area (Å²) in [6.07, 6.45) is 6.17. The molecule has 1 rings (SSSR count). The zero-order valence-corrected chi connectivity index (χ0v) is 11.7. The lowest BCUT2D eigenvalue weighted by Gasteiger charge is -2.30. The van der Waals surface area contributed by atoms with Crippen molar-refractivity contribution in [2.24, 2.45) is 17.8 Å². The van der Waals surface area contributed by atoms with Crippen LogP contribution >= 0.6 is 0 Å². The molecule has 0 saturated heterocycles. The lowest BCUT2D eigenvalue weighted by atomic mass is 9.73. The zero-order chi connectivity index (χ0) is 12.6. The van der Waals surface area contributed by atoms with E-state index in [1.54, 1.807) is 0 Å². The van der Waals surface area contributed by atoms with Gasteiger partial charge in [-0.1, -0.05) is 20.3 Å². The van der Waals surface area contributed by atoms with Gasteiger partial charge in [0.05, 0.1) is 6.07 Å². The Morgan fingerprint density at radius 3 is 2.25 bits per heavy atom. The maximum absolute atomic E-state index is 8.92. The maximum Gasteiger partial charge on any atom is 0.0658 e. The Labute approximate surface area is 102 Å². The average Bonchev–Trinajstić information content (AvgIpc) is 2.18. The van der Waals surface area contributed by atoms with Crippen LogP contribution in [-0.4, -0.2) is 26.0 Å². The van der Waals surface area contributed by atoms with Crippen LogP contribution < -0.4 is 0 Å². The molecule has 16 heavy (non-hydrogen) atoms. The first-order chi connectivity index (χ1) is 7.51. The summed E-state index contributed by atoms with van der Waals surface area (Å²) in [7, 11) is 6.00. The van der Waals surface area contributed by atoms with Crippen LogP contribution in [0.1, 0.15) is 46.0 Å². The lowest BCUT2D eigenvalue weighted by Crippen LogP contribution is -2.22. The molecular formula is C14H28N2. The van der Waals surface area contributed by atoms with Gasteiger partial charge in [0.1, 0.15) is 0 Å². The van der Waals surface area contributed by atoms with Crippen molar-refractivity contribution < 1.29 is 0 Å². The third kappa shape index (κ3) is 6.85. The Kier molecular flexibility index (Phi) is 8.29. The second kappa shape index (κ2) is 8.58. The van der Waals surface area contributed by atoms with Gasteiger partial charge in [0.2, 0.25) is 0 Å². The first kappa shape index (κ1) is 15.4. The van der Waals surface area contributed by atoms with E-state index < -0.39 is 0 Å². The van der Waals surface area contributed by atoms with E-state index in [4.69, 9.17) is 5.26 Å². The van der Waals surface area contributed by atoms with Crippen LogP contribution in [-0.2, 0) is 0 Å². The highest BCUT2D eigenvalue weighted by Crippen LogP contribution is 2.35. The second-order valence-corrected chi connectivity index (χ2v) is 5.54. The molecule has 0 aliphatic heterocycles. The molecule has 0 N–H and O–H groups in total. The minimum absolute atomic E-state index is 0.362. The molecule has 94 valence electrons. The molecule has 0 aromatic heterocycles. The molecule has 1 aliphatic carbocycles. The van der Waals surface area contributed by atoms with E-state index in [1.165, 1.54) is 25.7 Å². The number of rotatable bonds is 2. The van der Waals surface area contributed by atoms with Crippen molar-refractivity contribution in [3.05, 3.63) is 0 Å². The van der Waals surface area contributed by atoms with Crippen molar-refractivity contribution in [3.63, 3.8) is 0 Å². The number of nitriles is 1. The van der Waals surface area contributed by atoms with Gasteiger partial charge in [-0.2, -0.15) is 5.26 Å². The van der Waals surface area contributed by atoms with Crippen molar-refractivity contribution in [2.75, 3.05) is 21.1 Å². The van der Waals surface area contributed by atoms with Crippen LogP contribution in [0.5, 0.6) is 0 Å². The molecule has 0 heterocycles. The molecular weight excluding hydrogens is 196 g/mol. The van der Waals surface area contributed by atoms with E-state index in [0.29, 0.717) is 11.8 Å². The Bertz CT molecular complexity index is 203. The smallest absolute Gasteiger partial charge is 0.0658 e. The summed E-state index contributed by atoms with van der Waals surface area (Å²) in [5.41, 5.74) is 0. The summed E-state index contributed by atoms with van der Waals surface area (Å²) in [5.74, 6) is 1.91. The van der Waals surface area contributed by atoms with Crippen molar-refractivity contribution in [1.82, 2.24) is 4.90 Å². The summed E-state index contributed by atoms with van der Waals surface area (Å²) in [6, 6.07) is 2.46. The van der Waals surface area contributed by atoms with Gasteiger partial charge in [0, 0.05) is 5.92 Å². The third-order valence-corrected chi connectivity index (χ3v) is 3.07. The monoisotopic (exact) mass is 224 g/mol. The summed E-state index contributed by atoms with van der Waals surface area (Å²) in [4.78, 5) is 2.00. The summed E-state index contributed by atoms with van der Waals surface area (Å²) in [6.45, 7) is 4.53. The van der Waals surface area contributed by atoms with Crippen LogP contribution in [0.4, 0.5) is 0 Å². The van der Waals surface area contributed by atoms with Crippen LogP contribution in [0.3, 0.4) is 0 Å². The van der Waals surface area contributed by atoms with Gasteiger partial charge in [-0.15, -0.1) is 0 Å². The normalized spacial score (nSPS) is 29.2. The first-order valence-electron chi connectivity index (χ1n) is 6.51. The topological polar surface area (TPSA) is 27.0 Å². The molecule has 2 heteroatoms. The van der Waals surface area contributed by atoms with Crippen LogP contribution in [0.2, 0.25) is 0 Å². The van der Waals surface area contributed by atoms with Gasteiger partial charge in [0.15, 0.2) is 0 Å². The predicted octanol–water partition coefficient (Wildman–Crippen LogP) is 3.54. The van der Waals surface area contributed by atoms with E-state index in [9.17, 15) is 0 Å². The molecule has 2 nitrogen and oxygen atoms in total. The first-order valence-corrected chi connectivity index (χ1v) is 6.51. The standard InChI is InChI=1S/C11H19N.C3H9N/c1-3-4-10-7-9(2)5-6-11(10)8-12;1-4(2)3/h9-11H,3-7H2,1-2H3;1-3H3. The lowest BCUT2D eigenvalue weighted by molar-refractivity contribution is 0.218. The van der Waals surface area contributed by atoms with Gasteiger partial charge < -0.3 is 4.90 Å². The molecule has 1 saturated carbocycles. The predicted molar refractivity (Wildman–Crippen MR) is 70.1 cm³/mol. The number of hydrogen-bond acceptors (Lipinski definition) is 2. The van der Waals surface area contributed by atoms with Gasteiger partial charge in [-0.3, -0.25) is 0 Å². The fraction of sp³-hybridized carbons (Fsp3) is 0.929. The molecule has 3 atom stereocenters. The number of nitrogens with zero attached hydrogens (tertiary/aromatic N) is 2. The quantitative estimate of drug-likeness (QED) is 0.717. The van der Waals surface area contributed by atoms with Gasteiger partial charge in [-0.05, 0) is 58.7 Å². The largest absolute Gasteiger partial charge is 0.312 e. The highest BCUT2D eigenvalue weighted by molar-refractivity contribution is 4.91. The minimum Gasteiger partial charge on any atom is -0.312 e. The van der Waals surface area contributed by atoms with Crippen molar-refractivity contribution in [1.29, 1.82) is 5.26 Å². The van der Waals surface area contributed by atoms with Crippen LogP contribution in [0, 0.1) is 29.1 Å². The van der Waals surface area contributed by atoms with Crippen LogP contribution in [0.25, 0.3) is 0 Å². The molecule has 1 fully saturated rings. The van der Waals surface area contributed by atoms with Crippen molar-refractivity contribution in [3.8, 4) is 6.07 Å². The number of hydrogen-bond donors (Lipinski definition) is 0. The Hall–Kier alpha value is -0.550. The molecule has 0 aromatic carbocycles. The molecule has 0 amide bonds. The van der Waals surface area contributed by atoms with E-state index >= 15 is 0 Å². The molecule has 0 bridgehead atoms. The van der Waals surface area contributed by atoms with Gasteiger partial charge >= 0.3 is 0 Å². The Morgan fingerprint density at radius 2 is 1.81 bits per heavy atom. The molecule has 0 radical (unpaired) electrons. The minimum atomic E-state index is 0.362. The van der Waals surface area contributed by atoms with Crippen LogP contribution in [0.15, 0.2) is 0 Å².